The number of hydrogen-bond donors (Lipinski definition) is 2. The van der Waals surface area contributed by atoms with Crippen LogP contribution >= 0.6 is 0 Å². The van der Waals surface area contributed by atoms with Crippen LogP contribution in [0.5, 0.6) is 0 Å². The molecule has 2 N–H and O–H groups in total. The van der Waals surface area contributed by atoms with Crippen molar-refractivity contribution < 1.29 is 4.79 Å². The maximum atomic E-state index is 11.8. The van der Waals surface area contributed by atoms with Crippen LogP contribution in [-0.2, 0) is 11.3 Å². The van der Waals surface area contributed by atoms with Crippen LogP contribution in [0.25, 0.3) is 0 Å². The Balaban J connectivity index is 2.06. The molecule has 0 aliphatic carbocycles. The van der Waals surface area contributed by atoms with Crippen LogP contribution in [0.4, 0.5) is 5.82 Å². The number of nitrogens with zero attached hydrogens (tertiary/aromatic N) is 2. The summed E-state index contributed by atoms with van der Waals surface area (Å²) < 4.78 is 0. The number of hydrogen-bond acceptors (Lipinski definition) is 4. The van der Waals surface area contributed by atoms with Crippen molar-refractivity contribution in [3.63, 3.8) is 0 Å². The normalized spacial score (nSPS) is 20.1. The van der Waals surface area contributed by atoms with E-state index in [9.17, 15) is 4.79 Å². The maximum absolute atomic E-state index is 11.8. The van der Waals surface area contributed by atoms with Gasteiger partial charge in [0, 0.05) is 32.4 Å². The molecule has 2 rings (SSSR count). The number of piperazine rings is 1. The third-order valence-electron chi connectivity index (χ3n) is 3.40. The molecular weight excluding hydrogens is 240 g/mol. The number of amides is 1. The van der Waals surface area contributed by atoms with Gasteiger partial charge < -0.3 is 10.6 Å². The lowest BCUT2D eigenvalue weighted by molar-refractivity contribution is -0.129. The molecule has 5 nitrogen and oxygen atoms in total. The van der Waals surface area contributed by atoms with Crippen molar-refractivity contribution >= 4 is 11.7 Å². The number of anilines is 1. The Morgan fingerprint density at radius 3 is 3.11 bits per heavy atom. The van der Waals surface area contributed by atoms with Gasteiger partial charge in [-0.3, -0.25) is 9.69 Å². The number of rotatable bonds is 5. The average Bonchev–Trinajstić information content (AvgIpc) is 2.40. The van der Waals surface area contributed by atoms with Gasteiger partial charge in [-0.15, -0.1) is 0 Å². The SMILES string of the molecule is CCNc1cc(CN2CCNC(=O)C2CC)ccn1. The summed E-state index contributed by atoms with van der Waals surface area (Å²) in [5.74, 6) is 1.05. The van der Waals surface area contributed by atoms with Crippen molar-refractivity contribution in [2.75, 3.05) is 25.0 Å². The third-order valence-corrected chi connectivity index (χ3v) is 3.40. The Labute approximate surface area is 114 Å². The number of aromatic nitrogens is 1. The van der Waals surface area contributed by atoms with Crippen LogP contribution in [0, 0.1) is 0 Å². The van der Waals surface area contributed by atoms with Crippen LogP contribution in [0.3, 0.4) is 0 Å². The van der Waals surface area contributed by atoms with Crippen molar-refractivity contribution in [2.45, 2.75) is 32.9 Å². The molecular formula is C14H22N4O. The second kappa shape index (κ2) is 6.52. The third kappa shape index (κ3) is 3.44. The number of carbonyl (C=O) groups excluding carboxylic acids is 1. The predicted molar refractivity (Wildman–Crippen MR) is 75.9 cm³/mol. The van der Waals surface area contributed by atoms with E-state index < -0.39 is 0 Å². The van der Waals surface area contributed by atoms with Crippen molar-refractivity contribution in [3.8, 4) is 0 Å². The Morgan fingerprint density at radius 1 is 1.53 bits per heavy atom. The van der Waals surface area contributed by atoms with E-state index in [0.29, 0.717) is 0 Å². The summed E-state index contributed by atoms with van der Waals surface area (Å²) >= 11 is 0. The first kappa shape index (κ1) is 13.8. The zero-order chi connectivity index (χ0) is 13.7. The highest BCUT2D eigenvalue weighted by Gasteiger charge is 2.27. The first-order chi connectivity index (χ1) is 9.24. The molecule has 0 spiro atoms. The second-order valence-corrected chi connectivity index (χ2v) is 4.77. The van der Waals surface area contributed by atoms with Crippen LogP contribution in [0.1, 0.15) is 25.8 Å². The Kier molecular flexibility index (Phi) is 4.74. The first-order valence-corrected chi connectivity index (χ1v) is 6.95. The predicted octanol–water partition coefficient (Wildman–Crippen LogP) is 1.22. The zero-order valence-electron chi connectivity index (χ0n) is 11.6. The van der Waals surface area contributed by atoms with E-state index in [1.54, 1.807) is 0 Å². The summed E-state index contributed by atoms with van der Waals surface area (Å²) in [6.45, 7) is 7.41. The van der Waals surface area contributed by atoms with Gasteiger partial charge in [0.1, 0.15) is 5.82 Å². The van der Waals surface area contributed by atoms with Gasteiger partial charge in [0.25, 0.3) is 0 Å². The minimum atomic E-state index is -0.00972. The maximum Gasteiger partial charge on any atom is 0.237 e. The van der Waals surface area contributed by atoms with E-state index in [1.807, 2.05) is 12.3 Å². The molecule has 5 heteroatoms. The number of nitrogens with one attached hydrogen (secondary N) is 2. The van der Waals surface area contributed by atoms with Crippen LogP contribution in [-0.4, -0.2) is 41.5 Å². The van der Waals surface area contributed by atoms with Gasteiger partial charge in [-0.05, 0) is 31.0 Å². The van der Waals surface area contributed by atoms with E-state index >= 15 is 0 Å². The fourth-order valence-corrected chi connectivity index (χ4v) is 2.48. The summed E-state index contributed by atoms with van der Waals surface area (Å²) in [6.07, 6.45) is 2.66. The highest BCUT2D eigenvalue weighted by Crippen LogP contribution is 2.15. The summed E-state index contributed by atoms with van der Waals surface area (Å²) in [5, 5.41) is 6.14. The van der Waals surface area contributed by atoms with Gasteiger partial charge in [0.2, 0.25) is 5.91 Å². The molecule has 1 aromatic rings. The van der Waals surface area contributed by atoms with E-state index in [2.05, 4.69) is 40.4 Å². The molecule has 0 bridgehead atoms. The molecule has 2 heterocycles. The largest absolute Gasteiger partial charge is 0.370 e. The quantitative estimate of drug-likeness (QED) is 0.838. The molecule has 1 amide bonds. The Morgan fingerprint density at radius 2 is 2.37 bits per heavy atom. The summed E-state index contributed by atoms with van der Waals surface area (Å²) in [5.41, 5.74) is 1.19. The molecule has 0 radical (unpaired) electrons. The fourth-order valence-electron chi connectivity index (χ4n) is 2.48. The molecule has 1 saturated heterocycles. The number of pyridine rings is 1. The van der Waals surface area contributed by atoms with Gasteiger partial charge in [0.15, 0.2) is 0 Å². The van der Waals surface area contributed by atoms with Gasteiger partial charge in [-0.1, -0.05) is 6.92 Å². The van der Waals surface area contributed by atoms with Gasteiger partial charge >= 0.3 is 0 Å². The van der Waals surface area contributed by atoms with Gasteiger partial charge in [0.05, 0.1) is 6.04 Å². The topological polar surface area (TPSA) is 57.3 Å². The summed E-state index contributed by atoms with van der Waals surface area (Å²) in [6, 6.07) is 4.06. The van der Waals surface area contributed by atoms with Gasteiger partial charge in [-0.2, -0.15) is 0 Å². The molecule has 1 aromatic heterocycles. The van der Waals surface area contributed by atoms with Crippen molar-refractivity contribution in [2.24, 2.45) is 0 Å². The van der Waals surface area contributed by atoms with Crippen LogP contribution in [0.15, 0.2) is 18.3 Å². The van der Waals surface area contributed by atoms with Crippen molar-refractivity contribution in [3.05, 3.63) is 23.9 Å². The highest BCUT2D eigenvalue weighted by molar-refractivity contribution is 5.82. The molecule has 1 unspecified atom stereocenters. The number of carbonyl (C=O) groups is 1. The monoisotopic (exact) mass is 262 g/mol. The van der Waals surface area contributed by atoms with E-state index in [0.717, 1.165) is 38.4 Å². The molecule has 0 saturated carbocycles. The molecule has 1 fully saturated rings. The standard InChI is InChI=1S/C14H22N4O/c1-3-12-14(19)17-7-8-18(12)10-11-5-6-16-13(9-11)15-4-2/h5-6,9,12H,3-4,7-8,10H2,1-2H3,(H,15,16)(H,17,19). The molecule has 1 aliphatic heterocycles. The highest BCUT2D eigenvalue weighted by atomic mass is 16.2. The van der Waals surface area contributed by atoms with E-state index in [-0.39, 0.29) is 11.9 Å². The minimum Gasteiger partial charge on any atom is -0.370 e. The lowest BCUT2D eigenvalue weighted by Crippen LogP contribution is -2.54. The van der Waals surface area contributed by atoms with E-state index in [1.165, 1.54) is 5.56 Å². The molecule has 1 aliphatic rings. The van der Waals surface area contributed by atoms with E-state index in [4.69, 9.17) is 0 Å². The second-order valence-electron chi connectivity index (χ2n) is 4.77. The Hall–Kier alpha value is -1.62. The molecule has 1 atom stereocenters. The van der Waals surface area contributed by atoms with Gasteiger partial charge in [-0.25, -0.2) is 4.98 Å². The zero-order valence-corrected chi connectivity index (χ0v) is 11.6. The first-order valence-electron chi connectivity index (χ1n) is 6.95. The molecule has 19 heavy (non-hydrogen) atoms. The van der Waals surface area contributed by atoms with Crippen molar-refractivity contribution in [1.82, 2.24) is 15.2 Å². The fraction of sp³-hybridized carbons (Fsp3) is 0.571. The summed E-state index contributed by atoms with van der Waals surface area (Å²) in [4.78, 5) is 18.3. The Bertz CT molecular complexity index is 435. The molecule has 0 aromatic carbocycles. The lowest BCUT2D eigenvalue weighted by Gasteiger charge is -2.34. The minimum absolute atomic E-state index is 0.00972. The van der Waals surface area contributed by atoms with Crippen LogP contribution in [0.2, 0.25) is 0 Å². The van der Waals surface area contributed by atoms with Crippen LogP contribution < -0.4 is 10.6 Å². The molecule has 104 valence electrons. The lowest BCUT2D eigenvalue weighted by atomic mass is 10.1. The summed E-state index contributed by atoms with van der Waals surface area (Å²) in [7, 11) is 0. The van der Waals surface area contributed by atoms with Crippen molar-refractivity contribution in [1.29, 1.82) is 0 Å². The average molecular weight is 262 g/mol. The smallest absolute Gasteiger partial charge is 0.237 e.